The molecule has 1 aliphatic carbocycles. The highest BCUT2D eigenvalue weighted by molar-refractivity contribution is 5.79. The summed E-state index contributed by atoms with van der Waals surface area (Å²) in [6.07, 6.45) is 4.92. The van der Waals surface area contributed by atoms with Crippen LogP contribution in [0.1, 0.15) is 36.8 Å². The van der Waals surface area contributed by atoms with Crippen LogP contribution >= 0.6 is 0 Å². The van der Waals surface area contributed by atoms with Crippen molar-refractivity contribution >= 4 is 5.96 Å². The lowest BCUT2D eigenvalue weighted by Gasteiger charge is -2.20. The number of benzene rings is 2. The fraction of sp³-hybridized carbons (Fsp3) is 0.480. The highest BCUT2D eigenvalue weighted by Gasteiger charge is 2.20. The van der Waals surface area contributed by atoms with Crippen LogP contribution in [-0.4, -0.2) is 46.5 Å². The number of hydrogen-bond acceptors (Lipinski definition) is 5. The van der Waals surface area contributed by atoms with Crippen LogP contribution in [0.15, 0.2) is 47.5 Å². The molecule has 1 aliphatic rings. The fourth-order valence-electron chi connectivity index (χ4n) is 3.70. The van der Waals surface area contributed by atoms with Crippen molar-refractivity contribution in [3.8, 4) is 17.2 Å². The SMILES string of the molecule is CN=C(NCc1ccc(OCCOC)cc1)NCc1cccc(OC)c1OC1CCCC1. The molecule has 7 nitrogen and oxygen atoms in total. The van der Waals surface area contributed by atoms with E-state index in [4.69, 9.17) is 18.9 Å². The summed E-state index contributed by atoms with van der Waals surface area (Å²) in [5.74, 6) is 3.15. The van der Waals surface area contributed by atoms with Gasteiger partial charge in [-0.05, 0) is 49.4 Å². The van der Waals surface area contributed by atoms with Gasteiger partial charge in [-0.25, -0.2) is 0 Å². The highest BCUT2D eigenvalue weighted by atomic mass is 16.5. The van der Waals surface area contributed by atoms with Crippen LogP contribution in [0.2, 0.25) is 0 Å². The van der Waals surface area contributed by atoms with E-state index in [2.05, 4.69) is 21.7 Å². The number of methoxy groups -OCH3 is 2. The maximum absolute atomic E-state index is 6.33. The lowest BCUT2D eigenvalue weighted by Crippen LogP contribution is -2.36. The zero-order chi connectivity index (χ0) is 22.6. The summed E-state index contributed by atoms with van der Waals surface area (Å²) < 4.78 is 22.5. The predicted molar refractivity (Wildman–Crippen MR) is 127 cm³/mol. The van der Waals surface area contributed by atoms with E-state index in [1.165, 1.54) is 12.8 Å². The number of nitrogens with zero attached hydrogens (tertiary/aromatic N) is 1. The summed E-state index contributed by atoms with van der Waals surface area (Å²) in [5.41, 5.74) is 2.19. The van der Waals surface area contributed by atoms with Gasteiger partial charge >= 0.3 is 0 Å². The number of aliphatic imine (C=N–C) groups is 1. The summed E-state index contributed by atoms with van der Waals surface area (Å²) >= 11 is 0. The van der Waals surface area contributed by atoms with E-state index in [-0.39, 0.29) is 6.10 Å². The first-order valence-corrected chi connectivity index (χ1v) is 11.2. The first-order chi connectivity index (χ1) is 15.7. The van der Waals surface area contributed by atoms with E-state index in [9.17, 15) is 0 Å². The Balaban J connectivity index is 1.54. The van der Waals surface area contributed by atoms with E-state index in [1.54, 1.807) is 21.3 Å². The van der Waals surface area contributed by atoms with Crippen molar-refractivity contribution < 1.29 is 18.9 Å². The van der Waals surface area contributed by atoms with Crippen LogP contribution in [0.5, 0.6) is 17.2 Å². The minimum Gasteiger partial charge on any atom is -0.493 e. The number of nitrogens with one attached hydrogen (secondary N) is 2. The second-order valence-corrected chi connectivity index (χ2v) is 7.74. The molecule has 0 bridgehead atoms. The lowest BCUT2D eigenvalue weighted by molar-refractivity contribution is 0.146. The molecule has 7 heteroatoms. The van der Waals surface area contributed by atoms with Crippen molar-refractivity contribution in [3.63, 3.8) is 0 Å². The average molecular weight is 442 g/mol. The Morgan fingerprint density at radius 1 is 0.969 bits per heavy atom. The average Bonchev–Trinajstić information content (AvgIpc) is 3.34. The standard InChI is InChI=1S/C25H35N3O4/c1-26-25(27-17-19-11-13-21(14-12-19)31-16-15-29-2)28-18-20-7-6-10-23(30-3)24(20)32-22-8-4-5-9-22/h6-7,10-14,22H,4-5,8-9,15-18H2,1-3H3,(H2,26,27,28). The molecule has 2 N–H and O–H groups in total. The second-order valence-electron chi connectivity index (χ2n) is 7.74. The zero-order valence-electron chi connectivity index (χ0n) is 19.4. The third-order valence-electron chi connectivity index (χ3n) is 5.48. The van der Waals surface area contributed by atoms with Crippen molar-refractivity contribution in [1.29, 1.82) is 0 Å². The number of ether oxygens (including phenoxy) is 4. The second kappa shape index (κ2) is 12.8. The monoisotopic (exact) mass is 441 g/mol. The van der Waals surface area contributed by atoms with Gasteiger partial charge in [0.15, 0.2) is 17.5 Å². The van der Waals surface area contributed by atoms with Crippen LogP contribution in [-0.2, 0) is 17.8 Å². The summed E-state index contributed by atoms with van der Waals surface area (Å²) in [6, 6.07) is 14.0. The van der Waals surface area contributed by atoms with E-state index in [0.717, 1.165) is 47.2 Å². The van der Waals surface area contributed by atoms with Crippen LogP contribution in [0.25, 0.3) is 0 Å². The number of guanidine groups is 1. The third kappa shape index (κ3) is 7.05. The van der Waals surface area contributed by atoms with Crippen molar-refractivity contribution in [3.05, 3.63) is 53.6 Å². The van der Waals surface area contributed by atoms with E-state index >= 15 is 0 Å². The van der Waals surface area contributed by atoms with Gasteiger partial charge in [0.1, 0.15) is 12.4 Å². The van der Waals surface area contributed by atoms with Crippen molar-refractivity contribution in [2.24, 2.45) is 4.99 Å². The van der Waals surface area contributed by atoms with Crippen molar-refractivity contribution in [2.75, 3.05) is 34.5 Å². The van der Waals surface area contributed by atoms with Gasteiger partial charge in [0.25, 0.3) is 0 Å². The van der Waals surface area contributed by atoms with Gasteiger partial charge in [-0.2, -0.15) is 0 Å². The maximum Gasteiger partial charge on any atom is 0.191 e. The van der Waals surface area contributed by atoms with Crippen LogP contribution in [0.4, 0.5) is 0 Å². The maximum atomic E-state index is 6.33. The molecular weight excluding hydrogens is 406 g/mol. The van der Waals surface area contributed by atoms with E-state index in [0.29, 0.717) is 26.3 Å². The van der Waals surface area contributed by atoms with Gasteiger partial charge in [0.05, 0.1) is 19.8 Å². The van der Waals surface area contributed by atoms with Gasteiger partial charge < -0.3 is 29.6 Å². The molecule has 174 valence electrons. The molecular formula is C25H35N3O4. The smallest absolute Gasteiger partial charge is 0.191 e. The minimum atomic E-state index is 0.268. The largest absolute Gasteiger partial charge is 0.493 e. The number of para-hydroxylation sites is 1. The molecule has 0 aromatic heterocycles. The van der Waals surface area contributed by atoms with Gasteiger partial charge in [-0.15, -0.1) is 0 Å². The molecule has 3 rings (SSSR count). The molecule has 2 aromatic carbocycles. The Hall–Kier alpha value is -2.93. The van der Waals surface area contributed by atoms with Crippen LogP contribution in [0.3, 0.4) is 0 Å². The van der Waals surface area contributed by atoms with Gasteiger partial charge in [-0.3, -0.25) is 4.99 Å². The molecule has 0 heterocycles. The highest BCUT2D eigenvalue weighted by Crippen LogP contribution is 2.34. The predicted octanol–water partition coefficient (Wildman–Crippen LogP) is 3.91. The van der Waals surface area contributed by atoms with Crippen molar-refractivity contribution in [1.82, 2.24) is 10.6 Å². The Morgan fingerprint density at radius 2 is 1.72 bits per heavy atom. The van der Waals surface area contributed by atoms with Crippen LogP contribution in [0, 0.1) is 0 Å². The van der Waals surface area contributed by atoms with Gasteiger partial charge in [-0.1, -0.05) is 24.3 Å². The molecule has 0 saturated heterocycles. The summed E-state index contributed by atoms with van der Waals surface area (Å²) in [7, 11) is 5.11. The quantitative estimate of drug-likeness (QED) is 0.313. The topological polar surface area (TPSA) is 73.3 Å². The summed E-state index contributed by atoms with van der Waals surface area (Å²) in [6.45, 7) is 2.36. The molecule has 0 unspecified atom stereocenters. The molecule has 0 atom stereocenters. The molecule has 1 saturated carbocycles. The number of rotatable bonds is 11. The first-order valence-electron chi connectivity index (χ1n) is 11.2. The molecule has 0 radical (unpaired) electrons. The summed E-state index contributed by atoms with van der Waals surface area (Å²) in [4.78, 5) is 4.34. The third-order valence-corrected chi connectivity index (χ3v) is 5.48. The molecule has 32 heavy (non-hydrogen) atoms. The Bertz CT molecular complexity index is 849. The van der Waals surface area contributed by atoms with Gasteiger partial charge in [0.2, 0.25) is 0 Å². The Morgan fingerprint density at radius 3 is 2.41 bits per heavy atom. The first kappa shape index (κ1) is 23.7. The van der Waals surface area contributed by atoms with Gasteiger partial charge in [0, 0.05) is 32.8 Å². The van der Waals surface area contributed by atoms with E-state index in [1.807, 2.05) is 36.4 Å². The van der Waals surface area contributed by atoms with Crippen LogP contribution < -0.4 is 24.8 Å². The lowest BCUT2D eigenvalue weighted by atomic mass is 10.1. The Kier molecular flexibility index (Phi) is 9.50. The Labute approximate surface area is 191 Å². The van der Waals surface area contributed by atoms with Crippen molar-refractivity contribution in [2.45, 2.75) is 44.9 Å². The fourth-order valence-corrected chi connectivity index (χ4v) is 3.70. The normalized spacial score (nSPS) is 14.3. The zero-order valence-corrected chi connectivity index (χ0v) is 19.4. The molecule has 0 aliphatic heterocycles. The summed E-state index contributed by atoms with van der Waals surface area (Å²) in [5, 5.41) is 6.74. The minimum absolute atomic E-state index is 0.268. The molecule has 1 fully saturated rings. The number of hydrogen-bond donors (Lipinski definition) is 2. The molecule has 0 amide bonds. The molecule has 2 aromatic rings. The molecule has 0 spiro atoms. The van der Waals surface area contributed by atoms with E-state index < -0.39 is 0 Å².